The molecule has 0 aromatic rings. The van der Waals surface area contributed by atoms with E-state index in [2.05, 4.69) is 0 Å². The molecule has 2 bridgehead atoms. The van der Waals surface area contributed by atoms with Crippen molar-refractivity contribution in [3.63, 3.8) is 0 Å². The normalized spacial score (nSPS) is 42.2. The van der Waals surface area contributed by atoms with Gasteiger partial charge in [0.25, 0.3) is 0 Å². The first kappa shape index (κ1) is 14.2. The summed E-state index contributed by atoms with van der Waals surface area (Å²) >= 11 is 0. The Bertz CT molecular complexity index is 527. The number of ether oxygens (including phenoxy) is 3. The van der Waals surface area contributed by atoms with Gasteiger partial charge >= 0.3 is 5.97 Å². The molecule has 3 saturated heterocycles. The summed E-state index contributed by atoms with van der Waals surface area (Å²) in [7, 11) is 0. The fraction of sp³-hybridized carbons (Fsp3) is 0.750. The van der Waals surface area contributed by atoms with E-state index in [1.54, 1.807) is 11.8 Å². The van der Waals surface area contributed by atoms with Gasteiger partial charge in [-0.15, -0.1) is 0 Å². The average Bonchev–Trinajstić information content (AvgIpc) is 3.23. The lowest BCUT2D eigenvalue weighted by molar-refractivity contribution is -0.153. The van der Waals surface area contributed by atoms with Crippen molar-refractivity contribution in [2.45, 2.75) is 37.6 Å². The van der Waals surface area contributed by atoms with Crippen molar-refractivity contribution in [2.24, 2.45) is 11.8 Å². The number of carbonyl (C=O) groups is 2. The van der Waals surface area contributed by atoms with E-state index in [0.717, 1.165) is 19.4 Å². The van der Waals surface area contributed by atoms with Crippen LogP contribution in [0.2, 0.25) is 0 Å². The molecule has 5 atom stereocenters. The van der Waals surface area contributed by atoms with E-state index in [-0.39, 0.29) is 24.1 Å². The highest BCUT2D eigenvalue weighted by Crippen LogP contribution is 2.52. The van der Waals surface area contributed by atoms with Crippen LogP contribution in [0.25, 0.3) is 0 Å². The van der Waals surface area contributed by atoms with Crippen LogP contribution < -0.4 is 0 Å². The van der Waals surface area contributed by atoms with Gasteiger partial charge in [0.1, 0.15) is 11.5 Å². The quantitative estimate of drug-likeness (QED) is 0.559. The molecule has 22 heavy (non-hydrogen) atoms. The first-order valence-corrected chi connectivity index (χ1v) is 8.09. The number of hydrogen-bond acceptors (Lipinski definition) is 5. The maximum absolute atomic E-state index is 12.8. The summed E-state index contributed by atoms with van der Waals surface area (Å²) in [5, 5.41) is 0. The van der Waals surface area contributed by atoms with Crippen LogP contribution >= 0.6 is 0 Å². The van der Waals surface area contributed by atoms with Crippen LogP contribution in [0.1, 0.15) is 19.8 Å². The molecule has 4 aliphatic heterocycles. The standard InChI is InChI=1S/C16H21NO5/c1-2-20-15(19)12-11-5-6-16(22-11)9-17(14(18)13(12)16)8-10-4-3-7-21-10/h5-6,10-13H,2-4,7-9H2,1H3/t10-,11-,12+,13+,16-/m1/s1. The summed E-state index contributed by atoms with van der Waals surface area (Å²) in [5.74, 6) is -1.27. The third-order valence-corrected chi connectivity index (χ3v) is 5.19. The first-order chi connectivity index (χ1) is 10.6. The van der Waals surface area contributed by atoms with Crippen molar-refractivity contribution < 1.29 is 23.8 Å². The predicted octanol–water partition coefficient (Wildman–Crippen LogP) is 0.511. The smallest absolute Gasteiger partial charge is 0.312 e. The number of amides is 1. The Morgan fingerprint density at radius 2 is 2.41 bits per heavy atom. The molecule has 0 aliphatic carbocycles. The Labute approximate surface area is 129 Å². The number of hydrogen-bond donors (Lipinski definition) is 0. The third kappa shape index (κ3) is 1.93. The van der Waals surface area contributed by atoms with E-state index < -0.39 is 17.4 Å². The Balaban J connectivity index is 1.55. The third-order valence-electron chi connectivity index (χ3n) is 5.19. The number of likely N-dealkylation sites (tertiary alicyclic amines) is 1. The molecule has 0 aromatic carbocycles. The second-order valence-electron chi connectivity index (χ2n) is 6.51. The zero-order valence-corrected chi connectivity index (χ0v) is 12.7. The Morgan fingerprint density at radius 1 is 1.55 bits per heavy atom. The van der Waals surface area contributed by atoms with Crippen LogP contribution in [0.15, 0.2) is 12.2 Å². The van der Waals surface area contributed by atoms with E-state index in [1.165, 1.54) is 0 Å². The molecule has 6 heteroatoms. The zero-order chi connectivity index (χ0) is 15.3. The minimum absolute atomic E-state index is 0.000373. The van der Waals surface area contributed by atoms with Crippen molar-refractivity contribution in [1.82, 2.24) is 4.90 Å². The van der Waals surface area contributed by atoms with Crippen LogP contribution in [0.3, 0.4) is 0 Å². The van der Waals surface area contributed by atoms with Gasteiger partial charge < -0.3 is 19.1 Å². The topological polar surface area (TPSA) is 65.1 Å². The molecule has 6 nitrogen and oxygen atoms in total. The van der Waals surface area contributed by atoms with Crippen LogP contribution in [0, 0.1) is 11.8 Å². The number of rotatable bonds is 4. The van der Waals surface area contributed by atoms with E-state index in [9.17, 15) is 9.59 Å². The summed E-state index contributed by atoms with van der Waals surface area (Å²) in [5.41, 5.74) is -0.641. The van der Waals surface area contributed by atoms with Crippen LogP contribution in [0.4, 0.5) is 0 Å². The molecule has 1 amide bonds. The molecule has 0 radical (unpaired) electrons. The fourth-order valence-corrected chi connectivity index (χ4v) is 4.27. The zero-order valence-electron chi connectivity index (χ0n) is 12.7. The lowest BCUT2D eigenvalue weighted by Gasteiger charge is -2.23. The van der Waals surface area contributed by atoms with Crippen LogP contribution in [-0.2, 0) is 23.8 Å². The minimum atomic E-state index is -0.641. The number of esters is 1. The van der Waals surface area contributed by atoms with Gasteiger partial charge in [-0.25, -0.2) is 0 Å². The molecule has 1 spiro atoms. The average molecular weight is 307 g/mol. The van der Waals surface area contributed by atoms with Crippen molar-refractivity contribution in [3.05, 3.63) is 12.2 Å². The van der Waals surface area contributed by atoms with Crippen molar-refractivity contribution in [1.29, 1.82) is 0 Å². The number of nitrogens with zero attached hydrogens (tertiary/aromatic N) is 1. The molecule has 3 fully saturated rings. The lowest BCUT2D eigenvalue weighted by atomic mass is 9.77. The summed E-state index contributed by atoms with van der Waals surface area (Å²) in [4.78, 5) is 26.9. The first-order valence-electron chi connectivity index (χ1n) is 8.09. The van der Waals surface area contributed by atoms with Gasteiger partial charge in [0.05, 0.1) is 31.3 Å². The summed E-state index contributed by atoms with van der Waals surface area (Å²) < 4.78 is 16.8. The number of fused-ring (bicyclic) bond motifs is 1. The fourth-order valence-electron chi connectivity index (χ4n) is 4.27. The minimum Gasteiger partial charge on any atom is -0.466 e. The lowest BCUT2D eigenvalue weighted by Crippen LogP contribution is -2.40. The summed E-state index contributed by atoms with van der Waals surface area (Å²) in [6.07, 6.45) is 5.69. The number of carbonyl (C=O) groups excluding carboxylic acids is 2. The molecule has 0 unspecified atom stereocenters. The van der Waals surface area contributed by atoms with Gasteiger partial charge in [0.15, 0.2) is 0 Å². The molecule has 0 aromatic heterocycles. The van der Waals surface area contributed by atoms with Gasteiger partial charge in [-0.05, 0) is 19.8 Å². The molecule has 0 N–H and O–H groups in total. The van der Waals surface area contributed by atoms with Gasteiger partial charge in [0.2, 0.25) is 5.91 Å². The molecular weight excluding hydrogens is 286 g/mol. The monoisotopic (exact) mass is 307 g/mol. The molecule has 4 rings (SSSR count). The molecule has 120 valence electrons. The van der Waals surface area contributed by atoms with Gasteiger partial charge in [-0.2, -0.15) is 0 Å². The maximum Gasteiger partial charge on any atom is 0.312 e. The van der Waals surface area contributed by atoms with E-state index in [1.807, 2.05) is 12.2 Å². The molecular formula is C16H21NO5. The Hall–Kier alpha value is -1.40. The highest BCUT2D eigenvalue weighted by molar-refractivity contribution is 5.91. The van der Waals surface area contributed by atoms with E-state index >= 15 is 0 Å². The second kappa shape index (κ2) is 5.06. The summed E-state index contributed by atoms with van der Waals surface area (Å²) in [6.45, 7) is 3.97. The maximum atomic E-state index is 12.8. The highest BCUT2D eigenvalue weighted by atomic mass is 16.6. The molecule has 4 heterocycles. The van der Waals surface area contributed by atoms with Crippen molar-refractivity contribution in [2.75, 3.05) is 26.3 Å². The van der Waals surface area contributed by atoms with Gasteiger partial charge in [0, 0.05) is 13.2 Å². The van der Waals surface area contributed by atoms with E-state index in [4.69, 9.17) is 14.2 Å². The largest absolute Gasteiger partial charge is 0.466 e. The Morgan fingerprint density at radius 3 is 3.14 bits per heavy atom. The SMILES string of the molecule is CCOC(=O)[C@@H]1[C@H]2C(=O)N(C[C@H]3CCCO3)C[C@]23C=C[C@H]1O3. The summed E-state index contributed by atoms with van der Waals surface area (Å²) in [6, 6.07) is 0. The van der Waals surface area contributed by atoms with Crippen molar-refractivity contribution in [3.8, 4) is 0 Å². The molecule has 4 aliphatic rings. The van der Waals surface area contributed by atoms with E-state index in [0.29, 0.717) is 19.7 Å². The van der Waals surface area contributed by atoms with Gasteiger partial charge in [-0.1, -0.05) is 12.2 Å². The van der Waals surface area contributed by atoms with Crippen LogP contribution in [-0.4, -0.2) is 60.9 Å². The highest BCUT2D eigenvalue weighted by Gasteiger charge is 2.67. The van der Waals surface area contributed by atoms with Crippen LogP contribution in [0.5, 0.6) is 0 Å². The Kier molecular flexibility index (Phi) is 3.27. The molecule has 0 saturated carbocycles. The van der Waals surface area contributed by atoms with Gasteiger partial charge in [-0.3, -0.25) is 9.59 Å². The predicted molar refractivity (Wildman–Crippen MR) is 75.9 cm³/mol. The van der Waals surface area contributed by atoms with Crippen molar-refractivity contribution >= 4 is 11.9 Å². The second-order valence-corrected chi connectivity index (χ2v) is 6.51.